The van der Waals surface area contributed by atoms with Crippen LogP contribution < -0.4 is 0 Å². The molecule has 0 aliphatic carbocycles. The molecule has 1 heterocycles. The van der Waals surface area contributed by atoms with Gasteiger partial charge in [0.1, 0.15) is 0 Å². The van der Waals surface area contributed by atoms with Gasteiger partial charge in [0.05, 0.1) is 0 Å². The Balaban J connectivity index is 2.79. The molecule has 1 aromatic rings. The average molecular weight is 206 g/mol. The molecule has 0 bridgehead atoms. The molecule has 0 saturated carbocycles. The van der Waals surface area contributed by atoms with Crippen molar-refractivity contribution >= 4 is 0 Å². The third-order valence-corrected chi connectivity index (χ3v) is 1.64. The summed E-state index contributed by atoms with van der Waals surface area (Å²) in [5, 5.41) is 5.62. The molecule has 0 aliphatic rings. The number of H-pyrrole nitrogens is 1. The van der Waals surface area contributed by atoms with Crippen molar-refractivity contribution in [3.63, 3.8) is 0 Å². The average Bonchev–Trinajstić information content (AvgIpc) is 2.29. The van der Waals surface area contributed by atoms with E-state index in [1.54, 1.807) is 0 Å². The Kier molecular flexibility index (Phi) is 2.61. The predicted molar refractivity (Wildman–Crippen MR) is 46.7 cm³/mol. The second kappa shape index (κ2) is 3.29. The van der Waals surface area contributed by atoms with Gasteiger partial charge in [-0.3, -0.25) is 5.10 Å². The van der Waals surface area contributed by atoms with Crippen LogP contribution in [-0.2, 0) is 12.6 Å². The molecule has 5 heteroatoms. The molecule has 14 heavy (non-hydrogen) atoms. The summed E-state index contributed by atoms with van der Waals surface area (Å²) in [7, 11) is 0. The van der Waals surface area contributed by atoms with Crippen LogP contribution in [0.5, 0.6) is 0 Å². The number of hydrogen-bond donors (Lipinski definition) is 1. The molecule has 0 saturated heterocycles. The normalized spacial score (nSPS) is 13.3. The minimum Gasteiger partial charge on any atom is -0.282 e. The maximum absolute atomic E-state index is 12.2. The summed E-state index contributed by atoms with van der Waals surface area (Å²) in [5.74, 6) is 0. The summed E-state index contributed by atoms with van der Waals surface area (Å²) in [6.07, 6.45) is -3.80. The lowest BCUT2D eigenvalue weighted by Crippen LogP contribution is -2.09. The second-order valence-corrected chi connectivity index (χ2v) is 4.51. The van der Waals surface area contributed by atoms with Gasteiger partial charge in [-0.2, -0.15) is 18.3 Å². The van der Waals surface area contributed by atoms with Crippen LogP contribution in [0.4, 0.5) is 13.2 Å². The number of nitrogens with one attached hydrogen (secondary N) is 1. The van der Waals surface area contributed by atoms with Gasteiger partial charge in [0.25, 0.3) is 0 Å². The van der Waals surface area contributed by atoms with Crippen LogP contribution in [0.1, 0.15) is 32.2 Å². The first-order valence-electron chi connectivity index (χ1n) is 4.30. The van der Waals surface area contributed by atoms with E-state index < -0.39 is 11.9 Å². The van der Waals surface area contributed by atoms with Crippen LogP contribution in [0, 0.1) is 5.41 Å². The molecular formula is C9H13F3N2. The molecule has 0 atom stereocenters. The van der Waals surface area contributed by atoms with E-state index in [1.807, 2.05) is 20.8 Å². The molecule has 0 fully saturated rings. The Morgan fingerprint density at radius 2 is 1.86 bits per heavy atom. The van der Waals surface area contributed by atoms with Gasteiger partial charge in [0.15, 0.2) is 5.69 Å². The second-order valence-electron chi connectivity index (χ2n) is 4.51. The Morgan fingerprint density at radius 3 is 2.21 bits per heavy atom. The summed E-state index contributed by atoms with van der Waals surface area (Å²) in [5.41, 5.74) is -0.378. The molecule has 1 rings (SSSR count). The highest BCUT2D eigenvalue weighted by Gasteiger charge is 2.34. The fourth-order valence-electron chi connectivity index (χ4n) is 1.17. The van der Waals surface area contributed by atoms with E-state index in [4.69, 9.17) is 0 Å². The topological polar surface area (TPSA) is 28.7 Å². The number of hydrogen-bond acceptors (Lipinski definition) is 1. The first-order valence-corrected chi connectivity index (χ1v) is 4.30. The van der Waals surface area contributed by atoms with E-state index >= 15 is 0 Å². The van der Waals surface area contributed by atoms with Crippen molar-refractivity contribution in [3.05, 3.63) is 17.5 Å². The fourth-order valence-corrected chi connectivity index (χ4v) is 1.17. The van der Waals surface area contributed by atoms with E-state index in [1.165, 1.54) is 0 Å². The summed E-state index contributed by atoms with van der Waals surface area (Å²) in [4.78, 5) is 0. The van der Waals surface area contributed by atoms with Gasteiger partial charge >= 0.3 is 6.18 Å². The number of alkyl halides is 3. The first kappa shape index (κ1) is 11.1. The Morgan fingerprint density at radius 1 is 1.29 bits per heavy atom. The monoisotopic (exact) mass is 206 g/mol. The first-order chi connectivity index (χ1) is 6.18. The summed E-state index contributed by atoms with van der Waals surface area (Å²) in [6, 6.07) is 1.06. The lowest BCUT2D eigenvalue weighted by molar-refractivity contribution is -0.141. The van der Waals surface area contributed by atoms with Crippen molar-refractivity contribution in [1.29, 1.82) is 0 Å². The van der Waals surface area contributed by atoms with Crippen molar-refractivity contribution in [2.24, 2.45) is 5.41 Å². The van der Waals surface area contributed by atoms with Gasteiger partial charge in [-0.05, 0) is 17.9 Å². The number of halogens is 3. The lowest BCUT2D eigenvalue weighted by atomic mass is 9.90. The maximum atomic E-state index is 12.2. The molecule has 0 spiro atoms. The van der Waals surface area contributed by atoms with Crippen LogP contribution in [-0.4, -0.2) is 10.2 Å². The third kappa shape index (κ3) is 3.05. The molecule has 80 valence electrons. The molecule has 0 amide bonds. The van der Waals surface area contributed by atoms with Gasteiger partial charge < -0.3 is 0 Å². The molecule has 0 aromatic carbocycles. The third-order valence-electron chi connectivity index (χ3n) is 1.64. The molecule has 0 aliphatic heterocycles. The standard InChI is InChI=1S/C9H13F3N2/c1-8(2,3)5-6-4-7(14-13-6)9(10,11)12/h4H,5H2,1-3H3,(H,13,14). The molecule has 0 radical (unpaired) electrons. The zero-order valence-corrected chi connectivity index (χ0v) is 8.37. The van der Waals surface area contributed by atoms with Crippen LogP contribution >= 0.6 is 0 Å². The van der Waals surface area contributed by atoms with Gasteiger partial charge in [0.2, 0.25) is 0 Å². The highest BCUT2D eigenvalue weighted by Crippen LogP contribution is 2.29. The van der Waals surface area contributed by atoms with E-state index in [0.29, 0.717) is 12.1 Å². The minimum absolute atomic E-state index is 0.0462. The maximum Gasteiger partial charge on any atom is 0.435 e. The highest BCUT2D eigenvalue weighted by molar-refractivity contribution is 5.12. The SMILES string of the molecule is CC(C)(C)Cc1cc(C(F)(F)F)n[nH]1. The molecule has 0 unspecified atom stereocenters. The van der Waals surface area contributed by atoms with Crippen molar-refractivity contribution < 1.29 is 13.2 Å². The van der Waals surface area contributed by atoms with Crippen LogP contribution in [0.25, 0.3) is 0 Å². The van der Waals surface area contributed by atoms with Crippen molar-refractivity contribution in [2.45, 2.75) is 33.4 Å². The van der Waals surface area contributed by atoms with Crippen LogP contribution in [0.15, 0.2) is 6.07 Å². The molecule has 1 N–H and O–H groups in total. The van der Waals surface area contributed by atoms with E-state index in [2.05, 4.69) is 10.2 Å². The number of aromatic nitrogens is 2. The smallest absolute Gasteiger partial charge is 0.282 e. The quantitative estimate of drug-likeness (QED) is 0.751. The van der Waals surface area contributed by atoms with E-state index in [0.717, 1.165) is 6.07 Å². The van der Waals surface area contributed by atoms with Crippen LogP contribution in [0.2, 0.25) is 0 Å². The van der Waals surface area contributed by atoms with Crippen molar-refractivity contribution in [2.75, 3.05) is 0 Å². The van der Waals surface area contributed by atoms with E-state index in [9.17, 15) is 13.2 Å². The molecule has 1 aromatic heterocycles. The predicted octanol–water partition coefficient (Wildman–Crippen LogP) is 3.02. The Hall–Kier alpha value is -1.00. The largest absolute Gasteiger partial charge is 0.435 e. The van der Waals surface area contributed by atoms with Crippen molar-refractivity contribution in [3.8, 4) is 0 Å². The highest BCUT2D eigenvalue weighted by atomic mass is 19.4. The van der Waals surface area contributed by atoms with Gasteiger partial charge in [-0.1, -0.05) is 20.8 Å². The zero-order valence-electron chi connectivity index (χ0n) is 8.37. The van der Waals surface area contributed by atoms with Crippen molar-refractivity contribution in [1.82, 2.24) is 10.2 Å². The zero-order chi connectivity index (χ0) is 11.0. The summed E-state index contributed by atoms with van der Waals surface area (Å²) in [6.45, 7) is 5.88. The lowest BCUT2D eigenvalue weighted by Gasteiger charge is -2.15. The minimum atomic E-state index is -4.35. The van der Waals surface area contributed by atoms with Crippen LogP contribution in [0.3, 0.4) is 0 Å². The Bertz CT molecular complexity index is 307. The summed E-state index contributed by atoms with van der Waals surface area (Å²) >= 11 is 0. The number of nitrogens with zero attached hydrogens (tertiary/aromatic N) is 1. The fraction of sp³-hybridized carbons (Fsp3) is 0.667. The molecular weight excluding hydrogens is 193 g/mol. The van der Waals surface area contributed by atoms with Gasteiger partial charge in [0, 0.05) is 5.69 Å². The Labute approximate surface area is 80.5 Å². The number of aromatic amines is 1. The number of rotatable bonds is 1. The summed E-state index contributed by atoms with van der Waals surface area (Å²) < 4.78 is 36.5. The van der Waals surface area contributed by atoms with Gasteiger partial charge in [-0.25, -0.2) is 0 Å². The van der Waals surface area contributed by atoms with Gasteiger partial charge in [-0.15, -0.1) is 0 Å². The molecule has 2 nitrogen and oxygen atoms in total. The van der Waals surface area contributed by atoms with E-state index in [-0.39, 0.29) is 5.41 Å².